The van der Waals surface area contributed by atoms with E-state index in [9.17, 15) is 12.8 Å². The minimum atomic E-state index is -3.85. The highest BCUT2D eigenvalue weighted by atomic mass is 35.5. The van der Waals surface area contributed by atoms with E-state index in [1.54, 1.807) is 0 Å². The molecule has 0 saturated heterocycles. The van der Waals surface area contributed by atoms with Crippen LogP contribution >= 0.6 is 11.6 Å². The smallest absolute Gasteiger partial charge is 0.242 e. The number of ether oxygens (including phenoxy) is 1. The van der Waals surface area contributed by atoms with Crippen molar-refractivity contribution in [3.05, 3.63) is 23.0 Å². The predicted octanol–water partition coefficient (Wildman–Crippen LogP) is 0.918. The lowest BCUT2D eigenvalue weighted by molar-refractivity contribution is 0.122. The van der Waals surface area contributed by atoms with Crippen LogP contribution in [0.2, 0.25) is 5.02 Å². The van der Waals surface area contributed by atoms with E-state index in [1.165, 1.54) is 0 Å². The Hall–Kier alpha value is -0.930. The summed E-state index contributed by atoms with van der Waals surface area (Å²) in [5.41, 5.74) is 5.08. The Morgan fingerprint density at radius 1 is 1.38 bits per heavy atom. The molecule has 0 aliphatic heterocycles. The first-order chi connectivity index (χ1) is 9.74. The fourth-order valence-corrected chi connectivity index (χ4v) is 2.99. The quantitative estimate of drug-likeness (QED) is 0.543. The summed E-state index contributed by atoms with van der Waals surface area (Å²) in [7, 11) is -0.0333. The number of rotatable bonds is 8. The summed E-state index contributed by atoms with van der Waals surface area (Å²) < 4.78 is 44.8. The van der Waals surface area contributed by atoms with Gasteiger partial charge in [0.05, 0.1) is 23.9 Å². The predicted molar refractivity (Wildman–Crippen MR) is 80.4 cm³/mol. The maximum absolute atomic E-state index is 13.2. The van der Waals surface area contributed by atoms with Crippen molar-refractivity contribution >= 4 is 27.3 Å². The molecule has 3 N–H and O–H groups in total. The summed E-state index contributed by atoms with van der Waals surface area (Å²) in [4.78, 5) is 1.70. The number of benzene rings is 1. The Morgan fingerprint density at radius 3 is 2.67 bits per heavy atom. The van der Waals surface area contributed by atoms with E-state index in [0.29, 0.717) is 6.61 Å². The third-order valence-electron chi connectivity index (χ3n) is 2.56. The zero-order valence-corrected chi connectivity index (χ0v) is 13.5. The highest BCUT2D eigenvalue weighted by molar-refractivity contribution is 7.89. The molecule has 21 heavy (non-hydrogen) atoms. The zero-order chi connectivity index (χ0) is 16.0. The number of likely N-dealkylation sites (N-methyl/N-ethyl adjacent to an activating group) is 1. The topological polar surface area (TPSA) is 84.7 Å². The Labute approximate surface area is 129 Å². The largest absolute Gasteiger partial charge is 0.396 e. The van der Waals surface area contributed by atoms with Gasteiger partial charge in [0.2, 0.25) is 10.0 Å². The van der Waals surface area contributed by atoms with Crippen LogP contribution in [0, 0.1) is 5.82 Å². The molecular formula is C12H19ClFN3O3S. The second kappa shape index (κ2) is 7.90. The molecule has 9 heteroatoms. The first kappa shape index (κ1) is 18.1. The molecule has 0 fully saturated rings. The summed E-state index contributed by atoms with van der Waals surface area (Å²) in [5, 5.41) is -0.220. The minimum Gasteiger partial charge on any atom is -0.396 e. The van der Waals surface area contributed by atoms with E-state index in [-0.39, 0.29) is 28.8 Å². The van der Waals surface area contributed by atoms with Gasteiger partial charge in [0.1, 0.15) is 10.7 Å². The summed E-state index contributed by atoms with van der Waals surface area (Å²) in [6, 6.07) is 1.87. The molecule has 0 heterocycles. The Morgan fingerprint density at radius 2 is 2.05 bits per heavy atom. The Bertz CT molecular complexity index is 581. The van der Waals surface area contributed by atoms with Gasteiger partial charge >= 0.3 is 0 Å². The molecule has 0 saturated carbocycles. The molecule has 0 aromatic heterocycles. The van der Waals surface area contributed by atoms with Gasteiger partial charge in [-0.15, -0.1) is 0 Å². The van der Waals surface area contributed by atoms with Gasteiger partial charge in [-0.3, -0.25) is 0 Å². The number of anilines is 1. The van der Waals surface area contributed by atoms with Gasteiger partial charge in [-0.1, -0.05) is 11.6 Å². The van der Waals surface area contributed by atoms with Gasteiger partial charge in [-0.05, 0) is 26.2 Å². The fraction of sp³-hybridized carbons (Fsp3) is 0.500. The van der Waals surface area contributed by atoms with Crippen LogP contribution in [0.15, 0.2) is 17.0 Å². The normalized spacial score (nSPS) is 12.0. The first-order valence-electron chi connectivity index (χ1n) is 6.20. The van der Waals surface area contributed by atoms with Crippen LogP contribution in [0.25, 0.3) is 0 Å². The number of nitrogens with two attached hydrogens (primary N) is 1. The molecule has 0 radical (unpaired) electrons. The van der Waals surface area contributed by atoms with Crippen LogP contribution in [0.3, 0.4) is 0 Å². The molecule has 0 spiro atoms. The van der Waals surface area contributed by atoms with Crippen molar-refractivity contribution in [2.75, 3.05) is 46.1 Å². The van der Waals surface area contributed by atoms with Crippen LogP contribution in [-0.4, -0.2) is 53.7 Å². The van der Waals surface area contributed by atoms with Crippen molar-refractivity contribution in [1.82, 2.24) is 9.62 Å². The minimum absolute atomic E-state index is 0.0867. The SMILES string of the molecule is CN(C)CCOCCNS(=O)(=O)c1cc(N)c(F)cc1Cl. The first-order valence-corrected chi connectivity index (χ1v) is 8.07. The van der Waals surface area contributed by atoms with Crippen molar-refractivity contribution in [2.45, 2.75) is 4.90 Å². The number of hydrogen-bond acceptors (Lipinski definition) is 5. The van der Waals surface area contributed by atoms with Crippen molar-refractivity contribution < 1.29 is 17.5 Å². The standard InChI is InChI=1S/C12H19ClFN3O3S/c1-17(2)4-6-20-5-3-16-21(18,19)12-8-11(15)10(14)7-9(12)13/h7-8,16H,3-6,15H2,1-2H3. The van der Waals surface area contributed by atoms with Crippen molar-refractivity contribution in [3.63, 3.8) is 0 Å². The van der Waals surface area contributed by atoms with Gasteiger partial charge in [-0.2, -0.15) is 0 Å². The van der Waals surface area contributed by atoms with Gasteiger partial charge in [-0.25, -0.2) is 17.5 Å². The van der Waals surface area contributed by atoms with Gasteiger partial charge < -0.3 is 15.4 Å². The average Bonchev–Trinajstić information content (AvgIpc) is 2.37. The number of nitrogen functional groups attached to an aromatic ring is 1. The molecule has 0 bridgehead atoms. The molecule has 0 amide bonds. The third-order valence-corrected chi connectivity index (χ3v) is 4.49. The van der Waals surface area contributed by atoms with Crippen molar-refractivity contribution in [2.24, 2.45) is 0 Å². The summed E-state index contributed by atoms with van der Waals surface area (Å²) >= 11 is 5.73. The molecule has 6 nitrogen and oxygen atoms in total. The molecule has 1 aromatic rings. The Kier molecular flexibility index (Phi) is 6.82. The van der Waals surface area contributed by atoms with E-state index in [4.69, 9.17) is 22.1 Å². The lowest BCUT2D eigenvalue weighted by Gasteiger charge is -2.11. The summed E-state index contributed by atoms with van der Waals surface area (Å²) in [6.07, 6.45) is 0. The maximum Gasteiger partial charge on any atom is 0.242 e. The highest BCUT2D eigenvalue weighted by Crippen LogP contribution is 2.25. The zero-order valence-electron chi connectivity index (χ0n) is 11.9. The second-order valence-corrected chi connectivity index (χ2v) is 6.76. The fourth-order valence-electron chi connectivity index (χ4n) is 1.43. The van der Waals surface area contributed by atoms with E-state index in [0.717, 1.165) is 18.7 Å². The van der Waals surface area contributed by atoms with Crippen LogP contribution in [0.5, 0.6) is 0 Å². The molecule has 120 valence electrons. The molecular weight excluding hydrogens is 321 g/mol. The van der Waals surface area contributed by atoms with Crippen molar-refractivity contribution in [3.8, 4) is 0 Å². The highest BCUT2D eigenvalue weighted by Gasteiger charge is 2.19. The monoisotopic (exact) mass is 339 g/mol. The summed E-state index contributed by atoms with van der Waals surface area (Å²) in [6.45, 7) is 1.55. The van der Waals surface area contributed by atoms with E-state index >= 15 is 0 Å². The van der Waals surface area contributed by atoms with Gasteiger partial charge in [0, 0.05) is 13.1 Å². The maximum atomic E-state index is 13.2. The lowest BCUT2D eigenvalue weighted by atomic mass is 10.3. The number of nitrogens with one attached hydrogen (secondary N) is 1. The van der Waals surface area contributed by atoms with Crippen LogP contribution in [0.1, 0.15) is 0 Å². The molecule has 1 aromatic carbocycles. The van der Waals surface area contributed by atoms with Crippen LogP contribution in [-0.2, 0) is 14.8 Å². The molecule has 0 aliphatic rings. The van der Waals surface area contributed by atoms with E-state index in [2.05, 4.69) is 4.72 Å². The summed E-state index contributed by atoms with van der Waals surface area (Å²) in [5.74, 6) is -0.758. The second-order valence-electron chi connectivity index (χ2n) is 4.62. The third kappa shape index (κ3) is 5.76. The number of halogens is 2. The van der Waals surface area contributed by atoms with E-state index < -0.39 is 15.8 Å². The average molecular weight is 340 g/mol. The van der Waals surface area contributed by atoms with Crippen LogP contribution in [0.4, 0.5) is 10.1 Å². The van der Waals surface area contributed by atoms with Gasteiger partial charge in [0.15, 0.2) is 0 Å². The number of nitrogens with zero attached hydrogens (tertiary/aromatic N) is 1. The lowest BCUT2D eigenvalue weighted by Crippen LogP contribution is -2.29. The molecule has 0 atom stereocenters. The van der Waals surface area contributed by atoms with Gasteiger partial charge in [0.25, 0.3) is 0 Å². The van der Waals surface area contributed by atoms with Crippen molar-refractivity contribution in [1.29, 1.82) is 0 Å². The molecule has 0 aliphatic carbocycles. The van der Waals surface area contributed by atoms with Crippen LogP contribution < -0.4 is 10.5 Å². The molecule has 1 rings (SSSR count). The molecule has 0 unspecified atom stereocenters. The Balaban J connectivity index is 2.56. The number of hydrogen-bond donors (Lipinski definition) is 2. The van der Waals surface area contributed by atoms with E-state index in [1.807, 2.05) is 19.0 Å². The number of sulfonamides is 1.